The van der Waals surface area contributed by atoms with Crippen LogP contribution in [0.5, 0.6) is 0 Å². The lowest BCUT2D eigenvalue weighted by molar-refractivity contribution is 0.0747. The first-order valence-electron chi connectivity index (χ1n) is 6.15. The number of hydrogen-bond donors (Lipinski definition) is 0. The van der Waals surface area contributed by atoms with Crippen molar-refractivity contribution in [3.05, 3.63) is 35.3 Å². The number of imidazole rings is 1. The third kappa shape index (κ3) is 1.88. The minimum Gasteiger partial charge on any atom is -0.338 e. The molecule has 0 radical (unpaired) electrons. The van der Waals surface area contributed by atoms with Gasteiger partial charge >= 0.3 is 0 Å². The third-order valence-corrected chi connectivity index (χ3v) is 3.32. The van der Waals surface area contributed by atoms with Gasteiger partial charge in [0.2, 0.25) is 0 Å². The summed E-state index contributed by atoms with van der Waals surface area (Å²) in [5.41, 5.74) is 3.37. The van der Waals surface area contributed by atoms with Crippen LogP contribution in [-0.2, 0) is 0 Å². The summed E-state index contributed by atoms with van der Waals surface area (Å²) >= 11 is 0. The highest BCUT2D eigenvalue weighted by Gasteiger charge is 2.21. The number of carbonyl (C=O) groups is 1. The van der Waals surface area contributed by atoms with E-state index < -0.39 is 0 Å². The van der Waals surface area contributed by atoms with Crippen LogP contribution in [0.25, 0.3) is 5.65 Å². The molecule has 96 valence electrons. The first-order valence-corrected chi connectivity index (χ1v) is 6.15. The van der Waals surface area contributed by atoms with E-state index in [0.29, 0.717) is 5.69 Å². The highest BCUT2D eigenvalue weighted by atomic mass is 16.2. The van der Waals surface area contributed by atoms with Crippen LogP contribution in [0, 0.1) is 13.8 Å². The van der Waals surface area contributed by atoms with Crippen molar-refractivity contribution >= 4 is 11.6 Å². The normalized spacial score (nSPS) is 11.2. The molecule has 0 N–H and O–H groups in total. The lowest BCUT2D eigenvalue weighted by Gasteiger charge is -2.21. The van der Waals surface area contributed by atoms with Crippen molar-refractivity contribution < 1.29 is 4.79 Å². The Hall–Kier alpha value is -1.84. The number of amides is 1. The molecule has 0 bridgehead atoms. The molecule has 0 saturated carbocycles. The Kier molecular flexibility index (Phi) is 3.11. The van der Waals surface area contributed by atoms with Crippen molar-refractivity contribution in [2.24, 2.45) is 0 Å². The number of carbonyl (C=O) groups excluding carboxylic acids is 1. The molecule has 2 aromatic rings. The van der Waals surface area contributed by atoms with Gasteiger partial charge in [-0.15, -0.1) is 0 Å². The molecule has 0 fully saturated rings. The Labute approximate surface area is 107 Å². The molecule has 2 rings (SSSR count). The Balaban J connectivity index is 2.61. The first-order chi connectivity index (χ1) is 8.43. The van der Waals surface area contributed by atoms with E-state index in [1.807, 2.05) is 57.5 Å². The summed E-state index contributed by atoms with van der Waals surface area (Å²) < 4.78 is 1.88. The second-order valence-electron chi connectivity index (χ2n) is 4.94. The van der Waals surface area contributed by atoms with Crippen molar-refractivity contribution in [1.82, 2.24) is 14.3 Å². The van der Waals surface area contributed by atoms with E-state index in [2.05, 4.69) is 4.98 Å². The standard InChI is InChI=1S/C14H19N3O/c1-9(2)16(5)14(18)12-11(4)15-13-10(3)7-6-8-17(12)13/h6-9H,1-5H3. The van der Waals surface area contributed by atoms with Crippen LogP contribution < -0.4 is 0 Å². The van der Waals surface area contributed by atoms with Gasteiger partial charge in [-0.05, 0) is 39.3 Å². The van der Waals surface area contributed by atoms with Crippen molar-refractivity contribution in [3.8, 4) is 0 Å². The van der Waals surface area contributed by atoms with Crippen LogP contribution in [0.3, 0.4) is 0 Å². The SMILES string of the molecule is Cc1nc2c(C)cccn2c1C(=O)N(C)C(C)C. The van der Waals surface area contributed by atoms with Crippen molar-refractivity contribution in [2.45, 2.75) is 33.7 Å². The molecule has 0 atom stereocenters. The smallest absolute Gasteiger partial charge is 0.272 e. The van der Waals surface area contributed by atoms with Crippen molar-refractivity contribution in [1.29, 1.82) is 0 Å². The van der Waals surface area contributed by atoms with Crippen LogP contribution in [0.1, 0.15) is 35.6 Å². The second-order valence-corrected chi connectivity index (χ2v) is 4.94. The van der Waals surface area contributed by atoms with Gasteiger partial charge in [0.15, 0.2) is 0 Å². The summed E-state index contributed by atoms with van der Waals surface area (Å²) in [5.74, 6) is 0.0144. The van der Waals surface area contributed by atoms with Gasteiger partial charge in [-0.1, -0.05) is 6.07 Å². The summed E-state index contributed by atoms with van der Waals surface area (Å²) in [6, 6.07) is 4.12. The van der Waals surface area contributed by atoms with E-state index in [1.54, 1.807) is 4.90 Å². The average Bonchev–Trinajstić information content (AvgIpc) is 2.65. The fourth-order valence-electron chi connectivity index (χ4n) is 1.98. The zero-order valence-corrected chi connectivity index (χ0v) is 11.6. The predicted molar refractivity (Wildman–Crippen MR) is 71.9 cm³/mol. The molecule has 4 nitrogen and oxygen atoms in total. The summed E-state index contributed by atoms with van der Waals surface area (Å²) in [5, 5.41) is 0. The molecule has 0 spiro atoms. The molecule has 0 aliphatic heterocycles. The van der Waals surface area contributed by atoms with Gasteiger partial charge in [-0.3, -0.25) is 9.20 Å². The molecule has 1 amide bonds. The van der Waals surface area contributed by atoms with E-state index in [4.69, 9.17) is 0 Å². The minimum absolute atomic E-state index is 0.0144. The Bertz CT molecular complexity index is 598. The molecule has 4 heteroatoms. The predicted octanol–water partition coefficient (Wildman–Crippen LogP) is 2.43. The molecular weight excluding hydrogens is 226 g/mol. The van der Waals surface area contributed by atoms with Gasteiger partial charge in [0, 0.05) is 19.3 Å². The number of aromatic nitrogens is 2. The van der Waals surface area contributed by atoms with Gasteiger partial charge in [0.1, 0.15) is 11.3 Å². The topological polar surface area (TPSA) is 37.6 Å². The maximum Gasteiger partial charge on any atom is 0.272 e. The first kappa shape index (κ1) is 12.6. The van der Waals surface area contributed by atoms with Gasteiger partial charge in [0.25, 0.3) is 5.91 Å². The van der Waals surface area contributed by atoms with E-state index in [-0.39, 0.29) is 11.9 Å². The summed E-state index contributed by atoms with van der Waals surface area (Å²) in [6.45, 7) is 7.89. The van der Waals surface area contributed by atoms with E-state index in [0.717, 1.165) is 16.9 Å². The molecule has 0 aliphatic carbocycles. The lowest BCUT2D eigenvalue weighted by atomic mass is 10.2. The van der Waals surface area contributed by atoms with Crippen LogP contribution in [0.2, 0.25) is 0 Å². The van der Waals surface area contributed by atoms with Crippen LogP contribution in [0.15, 0.2) is 18.3 Å². The molecule has 0 aromatic carbocycles. The van der Waals surface area contributed by atoms with E-state index in [9.17, 15) is 4.79 Å². The second kappa shape index (κ2) is 4.44. The van der Waals surface area contributed by atoms with Crippen LogP contribution in [-0.4, -0.2) is 33.3 Å². The molecular formula is C14H19N3O. The summed E-state index contributed by atoms with van der Waals surface area (Å²) in [4.78, 5) is 18.7. The Morgan fingerprint density at radius 3 is 2.67 bits per heavy atom. The number of nitrogens with zero attached hydrogens (tertiary/aromatic N) is 3. The minimum atomic E-state index is 0.0144. The Morgan fingerprint density at radius 1 is 1.39 bits per heavy atom. The zero-order valence-electron chi connectivity index (χ0n) is 11.6. The molecule has 0 saturated heterocycles. The molecule has 0 aliphatic rings. The lowest BCUT2D eigenvalue weighted by Crippen LogP contribution is -2.34. The summed E-state index contributed by atoms with van der Waals surface area (Å²) in [6.07, 6.45) is 1.89. The summed E-state index contributed by atoms with van der Waals surface area (Å²) in [7, 11) is 1.82. The van der Waals surface area contributed by atoms with Gasteiger partial charge in [-0.25, -0.2) is 4.98 Å². The van der Waals surface area contributed by atoms with Crippen molar-refractivity contribution in [2.75, 3.05) is 7.05 Å². The van der Waals surface area contributed by atoms with Gasteiger partial charge in [0.05, 0.1) is 5.69 Å². The monoisotopic (exact) mass is 245 g/mol. The molecule has 0 unspecified atom stereocenters. The average molecular weight is 245 g/mol. The fourth-order valence-corrected chi connectivity index (χ4v) is 1.98. The maximum absolute atomic E-state index is 12.5. The molecule has 18 heavy (non-hydrogen) atoms. The maximum atomic E-state index is 12.5. The number of hydrogen-bond acceptors (Lipinski definition) is 2. The van der Waals surface area contributed by atoms with Crippen LogP contribution in [0.4, 0.5) is 0 Å². The van der Waals surface area contributed by atoms with Crippen LogP contribution >= 0.6 is 0 Å². The quantitative estimate of drug-likeness (QED) is 0.815. The number of pyridine rings is 1. The van der Waals surface area contributed by atoms with E-state index in [1.165, 1.54) is 0 Å². The van der Waals surface area contributed by atoms with Gasteiger partial charge < -0.3 is 4.90 Å². The highest BCUT2D eigenvalue weighted by Crippen LogP contribution is 2.17. The fraction of sp³-hybridized carbons (Fsp3) is 0.429. The Morgan fingerprint density at radius 2 is 2.06 bits per heavy atom. The third-order valence-electron chi connectivity index (χ3n) is 3.32. The largest absolute Gasteiger partial charge is 0.338 e. The highest BCUT2D eigenvalue weighted by molar-refractivity contribution is 5.94. The number of fused-ring (bicyclic) bond motifs is 1. The van der Waals surface area contributed by atoms with E-state index >= 15 is 0 Å². The van der Waals surface area contributed by atoms with Crippen molar-refractivity contribution in [3.63, 3.8) is 0 Å². The van der Waals surface area contributed by atoms with Gasteiger partial charge in [-0.2, -0.15) is 0 Å². The molecule has 2 aromatic heterocycles. The number of rotatable bonds is 2. The molecule has 2 heterocycles. The number of aryl methyl sites for hydroxylation is 2. The zero-order chi connectivity index (χ0) is 13.4.